The summed E-state index contributed by atoms with van der Waals surface area (Å²) in [5.74, 6) is -6.69. The fraction of sp³-hybridized carbons (Fsp3) is 0.111. The summed E-state index contributed by atoms with van der Waals surface area (Å²) in [5.41, 5.74) is -2.38. The van der Waals surface area contributed by atoms with Crippen LogP contribution in [0.1, 0.15) is 26.3 Å². The Bertz CT molecular complexity index is 411. The van der Waals surface area contributed by atoms with E-state index in [4.69, 9.17) is 25.5 Å². The van der Waals surface area contributed by atoms with Crippen LogP contribution in [0.5, 0.6) is 0 Å². The van der Waals surface area contributed by atoms with E-state index in [0.29, 0.717) is 0 Å². The van der Waals surface area contributed by atoms with Gasteiger partial charge < -0.3 is 25.5 Å². The minimum atomic E-state index is -3.53. The Balaban J connectivity index is 3.60. The molecule has 86 valence electrons. The van der Waals surface area contributed by atoms with E-state index in [-0.39, 0.29) is 0 Å². The van der Waals surface area contributed by atoms with Crippen LogP contribution >= 0.6 is 0 Å². The third-order valence-electron chi connectivity index (χ3n) is 1.86. The van der Waals surface area contributed by atoms with Crippen molar-refractivity contribution in [2.75, 3.05) is 0 Å². The summed E-state index contributed by atoms with van der Waals surface area (Å²) in [6.45, 7) is 0. The van der Waals surface area contributed by atoms with Crippen molar-refractivity contribution in [3.63, 3.8) is 0 Å². The van der Waals surface area contributed by atoms with E-state index in [9.17, 15) is 9.59 Å². The lowest BCUT2D eigenvalue weighted by Gasteiger charge is -2.18. The first-order chi connectivity index (χ1) is 7.25. The van der Waals surface area contributed by atoms with Gasteiger partial charge in [-0.1, -0.05) is 6.07 Å². The molecule has 1 aromatic rings. The zero-order valence-corrected chi connectivity index (χ0v) is 7.78. The fourth-order valence-corrected chi connectivity index (χ4v) is 1.27. The zero-order valence-electron chi connectivity index (χ0n) is 7.78. The number of hydrogen-bond acceptors (Lipinski definition) is 5. The third kappa shape index (κ3) is 2.16. The molecule has 7 heteroatoms. The second-order valence-electron chi connectivity index (χ2n) is 2.97. The first-order valence-electron chi connectivity index (χ1n) is 4.02. The van der Waals surface area contributed by atoms with Crippen LogP contribution < -0.4 is 0 Å². The van der Waals surface area contributed by atoms with Crippen LogP contribution in [0.3, 0.4) is 0 Å². The Morgan fingerprint density at radius 2 is 1.31 bits per heavy atom. The van der Waals surface area contributed by atoms with Crippen LogP contribution in [0, 0.1) is 0 Å². The largest absolute Gasteiger partial charge is 0.478 e. The number of carbonyl (C=O) groups is 2. The Morgan fingerprint density at radius 1 is 0.938 bits per heavy atom. The minimum absolute atomic E-state index is 0.701. The minimum Gasteiger partial charge on any atom is -0.478 e. The highest BCUT2D eigenvalue weighted by molar-refractivity contribution is 5.96. The van der Waals surface area contributed by atoms with Crippen molar-refractivity contribution in [1.82, 2.24) is 0 Å². The molecule has 0 fully saturated rings. The number of aromatic carboxylic acids is 2. The van der Waals surface area contributed by atoms with Crippen molar-refractivity contribution in [2.24, 2.45) is 0 Å². The number of carboxylic acids is 2. The van der Waals surface area contributed by atoms with E-state index < -0.39 is 34.6 Å². The average Bonchev–Trinajstić information content (AvgIpc) is 2.15. The van der Waals surface area contributed by atoms with Crippen LogP contribution in [0.2, 0.25) is 0 Å². The molecular formula is C9H8O7. The summed E-state index contributed by atoms with van der Waals surface area (Å²) in [7, 11) is 0. The van der Waals surface area contributed by atoms with Crippen molar-refractivity contribution in [3.8, 4) is 0 Å². The molecule has 1 aromatic carbocycles. The predicted molar refractivity (Wildman–Crippen MR) is 48.7 cm³/mol. The highest BCUT2D eigenvalue weighted by Gasteiger charge is 2.33. The molecule has 0 atom stereocenters. The molecule has 0 aromatic heterocycles. The van der Waals surface area contributed by atoms with E-state index in [1.54, 1.807) is 0 Å². The number of rotatable bonds is 3. The third-order valence-corrected chi connectivity index (χ3v) is 1.86. The molecule has 0 saturated heterocycles. The van der Waals surface area contributed by atoms with Crippen LogP contribution in [0.15, 0.2) is 18.2 Å². The molecule has 0 spiro atoms. The molecule has 0 unspecified atom stereocenters. The van der Waals surface area contributed by atoms with Gasteiger partial charge in [-0.15, -0.1) is 0 Å². The summed E-state index contributed by atoms with van der Waals surface area (Å²) in [6, 6.07) is 3.01. The van der Waals surface area contributed by atoms with E-state index >= 15 is 0 Å². The van der Waals surface area contributed by atoms with Gasteiger partial charge in [0.05, 0.1) is 16.7 Å². The standard InChI is InChI=1S/C9H8O7/c10-7(11)4-2-1-3-5(8(12)13)6(4)9(14,15)16/h1-3,14-16H,(H,10,11)(H,12,13). The first-order valence-corrected chi connectivity index (χ1v) is 4.02. The maximum absolute atomic E-state index is 10.7. The van der Waals surface area contributed by atoms with E-state index in [2.05, 4.69) is 0 Å². The Kier molecular flexibility index (Phi) is 2.95. The van der Waals surface area contributed by atoms with Crippen molar-refractivity contribution in [1.29, 1.82) is 0 Å². The van der Waals surface area contributed by atoms with Gasteiger partial charge in [0, 0.05) is 0 Å². The Hall–Kier alpha value is -1.96. The van der Waals surface area contributed by atoms with Crippen molar-refractivity contribution < 1.29 is 35.1 Å². The topological polar surface area (TPSA) is 135 Å². The first kappa shape index (κ1) is 12.1. The monoisotopic (exact) mass is 228 g/mol. The highest BCUT2D eigenvalue weighted by atomic mass is 16.7. The molecule has 0 aliphatic carbocycles. The molecule has 0 radical (unpaired) electrons. The second-order valence-corrected chi connectivity index (χ2v) is 2.97. The van der Waals surface area contributed by atoms with Crippen molar-refractivity contribution in [2.45, 2.75) is 5.97 Å². The maximum Gasteiger partial charge on any atom is 0.336 e. The van der Waals surface area contributed by atoms with Gasteiger partial charge in [0.1, 0.15) is 0 Å². The molecule has 0 aliphatic rings. The Labute approximate surface area is 88.8 Å². The Morgan fingerprint density at radius 3 is 1.56 bits per heavy atom. The van der Waals surface area contributed by atoms with Gasteiger partial charge in [0.25, 0.3) is 0 Å². The summed E-state index contributed by atoms with van der Waals surface area (Å²) in [5, 5.41) is 44.2. The molecule has 5 N–H and O–H groups in total. The van der Waals surface area contributed by atoms with Gasteiger partial charge in [-0.05, 0) is 12.1 Å². The normalized spacial score (nSPS) is 11.2. The second kappa shape index (κ2) is 3.89. The maximum atomic E-state index is 10.7. The molecule has 0 amide bonds. The molecule has 0 aliphatic heterocycles. The fourth-order valence-electron chi connectivity index (χ4n) is 1.27. The van der Waals surface area contributed by atoms with Crippen LogP contribution in [-0.2, 0) is 5.97 Å². The van der Waals surface area contributed by atoms with Crippen LogP contribution in [-0.4, -0.2) is 37.5 Å². The van der Waals surface area contributed by atoms with E-state index in [1.165, 1.54) is 0 Å². The van der Waals surface area contributed by atoms with Crippen LogP contribution in [0.4, 0.5) is 0 Å². The molecular weight excluding hydrogens is 220 g/mol. The molecule has 1 rings (SSSR count). The average molecular weight is 228 g/mol. The van der Waals surface area contributed by atoms with Gasteiger partial charge in [0.15, 0.2) is 0 Å². The van der Waals surface area contributed by atoms with Gasteiger partial charge in [-0.3, -0.25) is 0 Å². The zero-order chi connectivity index (χ0) is 12.5. The SMILES string of the molecule is O=C(O)c1cccc(C(=O)O)c1C(O)(O)O. The van der Waals surface area contributed by atoms with Gasteiger partial charge in [-0.25, -0.2) is 9.59 Å². The van der Waals surface area contributed by atoms with Crippen LogP contribution in [0.25, 0.3) is 0 Å². The lowest BCUT2D eigenvalue weighted by atomic mass is 9.99. The number of aliphatic hydroxyl groups is 3. The van der Waals surface area contributed by atoms with E-state index in [0.717, 1.165) is 18.2 Å². The van der Waals surface area contributed by atoms with Crippen molar-refractivity contribution in [3.05, 3.63) is 34.9 Å². The molecule has 16 heavy (non-hydrogen) atoms. The highest BCUT2D eigenvalue weighted by Crippen LogP contribution is 2.24. The number of hydrogen-bond donors (Lipinski definition) is 5. The van der Waals surface area contributed by atoms with E-state index in [1.807, 2.05) is 0 Å². The molecule has 0 bridgehead atoms. The lowest BCUT2D eigenvalue weighted by molar-refractivity contribution is -0.324. The molecule has 0 heterocycles. The van der Waals surface area contributed by atoms with Gasteiger partial charge in [0.2, 0.25) is 0 Å². The summed E-state index contributed by atoms with van der Waals surface area (Å²) >= 11 is 0. The predicted octanol–water partition coefficient (Wildman–Crippen LogP) is -0.830. The number of carboxylic acid groups (broad SMARTS) is 2. The number of benzene rings is 1. The molecule has 0 saturated carbocycles. The summed E-state index contributed by atoms with van der Waals surface area (Å²) in [4.78, 5) is 21.4. The van der Waals surface area contributed by atoms with Crippen molar-refractivity contribution >= 4 is 11.9 Å². The van der Waals surface area contributed by atoms with Gasteiger partial charge in [-0.2, -0.15) is 0 Å². The lowest BCUT2D eigenvalue weighted by Crippen LogP contribution is -2.29. The smallest absolute Gasteiger partial charge is 0.336 e. The quantitative estimate of drug-likeness (QED) is 0.426. The summed E-state index contributed by atoms with van der Waals surface area (Å²) in [6.07, 6.45) is 0. The van der Waals surface area contributed by atoms with Gasteiger partial charge >= 0.3 is 17.9 Å². The molecule has 7 nitrogen and oxygen atoms in total. The summed E-state index contributed by atoms with van der Waals surface area (Å²) < 4.78 is 0.